The van der Waals surface area contributed by atoms with Crippen molar-refractivity contribution in [1.82, 2.24) is 14.8 Å². The highest BCUT2D eigenvalue weighted by Gasteiger charge is 2.06. The number of nitrogens with zero attached hydrogens (tertiary/aromatic N) is 3. The highest BCUT2D eigenvalue weighted by Crippen LogP contribution is 2.16. The molecule has 0 aliphatic carbocycles. The maximum absolute atomic E-state index is 4.97. The topological polar surface area (TPSA) is 39.9 Å². The molecular weight excluding hydrogens is 198 g/mol. The van der Waals surface area contributed by atoms with Crippen LogP contribution in [0.3, 0.4) is 0 Å². The molecule has 0 radical (unpaired) electrons. The molecular formula is C9H15N3OS. The number of allylic oxidation sites excluding steroid dienone is 1. The fourth-order valence-electron chi connectivity index (χ4n) is 1.02. The van der Waals surface area contributed by atoms with E-state index in [9.17, 15) is 0 Å². The molecule has 5 heteroatoms. The van der Waals surface area contributed by atoms with Gasteiger partial charge < -0.3 is 9.30 Å². The van der Waals surface area contributed by atoms with Crippen LogP contribution in [0.25, 0.3) is 0 Å². The van der Waals surface area contributed by atoms with Gasteiger partial charge in [0.2, 0.25) is 0 Å². The minimum atomic E-state index is 0.727. The quantitative estimate of drug-likeness (QED) is 0.408. The smallest absolute Gasteiger partial charge is 0.191 e. The van der Waals surface area contributed by atoms with Crippen molar-refractivity contribution in [2.45, 2.75) is 18.6 Å². The molecule has 0 aliphatic heterocycles. The number of thioether (sulfide) groups is 1. The largest absolute Gasteiger partial charge is 0.384 e. The molecule has 0 fully saturated rings. The van der Waals surface area contributed by atoms with Gasteiger partial charge in [0.15, 0.2) is 5.16 Å². The van der Waals surface area contributed by atoms with Crippen LogP contribution in [0.1, 0.15) is 5.82 Å². The molecule has 0 saturated heterocycles. The van der Waals surface area contributed by atoms with Crippen molar-refractivity contribution in [2.75, 3.05) is 19.5 Å². The summed E-state index contributed by atoms with van der Waals surface area (Å²) in [5, 5.41) is 9.03. The minimum absolute atomic E-state index is 0.727. The normalized spacial score (nSPS) is 10.4. The van der Waals surface area contributed by atoms with E-state index in [2.05, 4.69) is 16.8 Å². The first-order valence-electron chi connectivity index (χ1n) is 4.42. The molecule has 1 rings (SSSR count). The Hall–Kier alpha value is -0.810. The molecule has 0 N–H and O–H groups in total. The summed E-state index contributed by atoms with van der Waals surface area (Å²) >= 11 is 1.65. The Morgan fingerprint density at radius 1 is 1.57 bits per heavy atom. The highest BCUT2D eigenvalue weighted by atomic mass is 32.2. The number of hydrogen-bond donors (Lipinski definition) is 0. The standard InChI is InChI=1S/C9H15N3OS/c1-4-5-12-8(2)10-11-9(12)14-7-6-13-3/h4H,1,5-7H2,2-3H3. The molecule has 0 aromatic carbocycles. The summed E-state index contributed by atoms with van der Waals surface area (Å²) in [7, 11) is 1.69. The Morgan fingerprint density at radius 2 is 2.36 bits per heavy atom. The molecule has 0 saturated carbocycles. The number of methoxy groups -OCH3 is 1. The van der Waals surface area contributed by atoms with Gasteiger partial charge in [-0.1, -0.05) is 17.8 Å². The minimum Gasteiger partial charge on any atom is -0.384 e. The summed E-state index contributed by atoms with van der Waals surface area (Å²) < 4.78 is 7.01. The van der Waals surface area contributed by atoms with E-state index >= 15 is 0 Å². The van der Waals surface area contributed by atoms with Gasteiger partial charge in [0.25, 0.3) is 0 Å². The first kappa shape index (κ1) is 11.3. The third-order valence-corrected chi connectivity index (χ3v) is 2.66. The van der Waals surface area contributed by atoms with Gasteiger partial charge in [0.05, 0.1) is 6.61 Å². The van der Waals surface area contributed by atoms with Gasteiger partial charge >= 0.3 is 0 Å². The lowest BCUT2D eigenvalue weighted by molar-refractivity contribution is 0.218. The highest BCUT2D eigenvalue weighted by molar-refractivity contribution is 7.99. The van der Waals surface area contributed by atoms with Crippen LogP contribution in [0.5, 0.6) is 0 Å². The summed E-state index contributed by atoms with van der Waals surface area (Å²) in [6, 6.07) is 0. The van der Waals surface area contributed by atoms with Crippen molar-refractivity contribution >= 4 is 11.8 Å². The average Bonchev–Trinajstić information content (AvgIpc) is 2.51. The Balaban J connectivity index is 2.60. The maximum Gasteiger partial charge on any atom is 0.191 e. The molecule has 0 unspecified atom stereocenters. The molecule has 1 aromatic heterocycles. The predicted molar refractivity (Wildman–Crippen MR) is 57.6 cm³/mol. The van der Waals surface area contributed by atoms with Crippen LogP contribution >= 0.6 is 11.8 Å². The zero-order chi connectivity index (χ0) is 10.4. The number of rotatable bonds is 6. The fourth-order valence-corrected chi connectivity index (χ4v) is 1.92. The van der Waals surface area contributed by atoms with Crippen LogP contribution < -0.4 is 0 Å². The zero-order valence-electron chi connectivity index (χ0n) is 8.56. The van der Waals surface area contributed by atoms with Gasteiger partial charge in [0.1, 0.15) is 5.82 Å². The number of ether oxygens (including phenoxy) is 1. The van der Waals surface area contributed by atoms with Crippen LogP contribution in [-0.4, -0.2) is 34.2 Å². The molecule has 78 valence electrons. The van der Waals surface area contributed by atoms with Crippen LogP contribution in [0, 0.1) is 6.92 Å². The molecule has 0 spiro atoms. The Bertz CT molecular complexity index is 298. The van der Waals surface area contributed by atoms with E-state index in [1.54, 1.807) is 18.9 Å². The van der Waals surface area contributed by atoms with Crippen molar-refractivity contribution in [3.8, 4) is 0 Å². The zero-order valence-corrected chi connectivity index (χ0v) is 9.38. The first-order valence-corrected chi connectivity index (χ1v) is 5.40. The van der Waals surface area contributed by atoms with E-state index in [1.165, 1.54) is 0 Å². The van der Waals surface area contributed by atoms with Crippen molar-refractivity contribution in [3.63, 3.8) is 0 Å². The average molecular weight is 213 g/mol. The number of aryl methyl sites for hydroxylation is 1. The van der Waals surface area contributed by atoms with Crippen LogP contribution in [0.15, 0.2) is 17.8 Å². The molecule has 0 atom stereocenters. The summed E-state index contributed by atoms with van der Waals surface area (Å²) in [5.74, 6) is 1.82. The van der Waals surface area contributed by atoms with E-state index < -0.39 is 0 Å². The van der Waals surface area contributed by atoms with Gasteiger partial charge in [-0.05, 0) is 6.92 Å². The predicted octanol–water partition coefficient (Wildman–Crippen LogP) is 1.51. The second kappa shape index (κ2) is 5.82. The molecule has 1 aromatic rings. The lowest BCUT2D eigenvalue weighted by Gasteiger charge is -2.04. The van der Waals surface area contributed by atoms with Gasteiger partial charge in [-0.15, -0.1) is 16.8 Å². The lowest BCUT2D eigenvalue weighted by atomic mass is 10.6. The van der Waals surface area contributed by atoms with E-state index in [1.807, 2.05) is 17.6 Å². The lowest BCUT2D eigenvalue weighted by Crippen LogP contribution is -2.01. The fraction of sp³-hybridized carbons (Fsp3) is 0.556. The van der Waals surface area contributed by atoms with Crippen molar-refractivity contribution in [2.24, 2.45) is 0 Å². The molecule has 14 heavy (non-hydrogen) atoms. The van der Waals surface area contributed by atoms with Crippen LogP contribution in [0.4, 0.5) is 0 Å². The first-order chi connectivity index (χ1) is 6.79. The second-order valence-corrected chi connectivity index (χ2v) is 3.83. The molecule has 0 amide bonds. The number of hydrogen-bond acceptors (Lipinski definition) is 4. The Labute approximate surface area is 88.4 Å². The van der Waals surface area contributed by atoms with Crippen molar-refractivity contribution in [1.29, 1.82) is 0 Å². The van der Waals surface area contributed by atoms with E-state index in [-0.39, 0.29) is 0 Å². The van der Waals surface area contributed by atoms with E-state index in [4.69, 9.17) is 4.74 Å². The Kier molecular flexibility index (Phi) is 4.69. The third kappa shape index (κ3) is 2.85. The van der Waals surface area contributed by atoms with Gasteiger partial charge in [0, 0.05) is 19.4 Å². The third-order valence-electron chi connectivity index (χ3n) is 1.73. The van der Waals surface area contributed by atoms with Gasteiger partial charge in [-0.3, -0.25) is 0 Å². The molecule has 0 bridgehead atoms. The van der Waals surface area contributed by atoms with Crippen LogP contribution in [0.2, 0.25) is 0 Å². The van der Waals surface area contributed by atoms with Crippen molar-refractivity contribution in [3.05, 3.63) is 18.5 Å². The van der Waals surface area contributed by atoms with E-state index in [0.29, 0.717) is 0 Å². The second-order valence-electron chi connectivity index (χ2n) is 2.77. The Morgan fingerprint density at radius 3 is 3.00 bits per heavy atom. The summed E-state index contributed by atoms with van der Waals surface area (Å²) in [5.41, 5.74) is 0. The molecule has 0 aliphatic rings. The van der Waals surface area contributed by atoms with Crippen molar-refractivity contribution < 1.29 is 4.74 Å². The SMILES string of the molecule is C=CCn1c(C)nnc1SCCOC. The van der Waals surface area contributed by atoms with Crippen LogP contribution in [-0.2, 0) is 11.3 Å². The monoisotopic (exact) mass is 213 g/mol. The summed E-state index contributed by atoms with van der Waals surface area (Å²) in [4.78, 5) is 0. The summed E-state index contributed by atoms with van der Waals surface area (Å²) in [6.07, 6.45) is 1.84. The van der Waals surface area contributed by atoms with Gasteiger partial charge in [-0.2, -0.15) is 0 Å². The van der Waals surface area contributed by atoms with E-state index in [0.717, 1.165) is 29.9 Å². The van der Waals surface area contributed by atoms with Gasteiger partial charge in [-0.25, -0.2) is 0 Å². The maximum atomic E-state index is 4.97. The molecule has 4 nitrogen and oxygen atoms in total. The summed E-state index contributed by atoms with van der Waals surface area (Å²) in [6.45, 7) is 7.13. The molecule has 1 heterocycles. The number of aromatic nitrogens is 3.